The molecule has 0 spiro atoms. The first-order valence-electron chi connectivity index (χ1n) is 7.04. The van der Waals surface area contributed by atoms with E-state index in [2.05, 4.69) is 48.7 Å². The number of rotatable bonds is 3. The highest BCUT2D eigenvalue weighted by atomic mass is 16.5. The number of nitrogens with two attached hydrogens (primary N) is 1. The highest BCUT2D eigenvalue weighted by Crippen LogP contribution is 2.41. The number of para-hydroxylation sites is 1. The van der Waals surface area contributed by atoms with E-state index in [0.29, 0.717) is 5.92 Å². The molecule has 2 aromatic rings. The quantitative estimate of drug-likeness (QED) is 0.664. The molecule has 0 amide bonds. The largest absolute Gasteiger partial charge is 0.493 e. The lowest BCUT2D eigenvalue weighted by Gasteiger charge is -2.33. The Morgan fingerprint density at radius 1 is 1.15 bits per heavy atom. The molecule has 0 saturated heterocycles. The van der Waals surface area contributed by atoms with Gasteiger partial charge in [-0.15, -0.1) is 0 Å². The summed E-state index contributed by atoms with van der Waals surface area (Å²) >= 11 is 0. The zero-order valence-electron chi connectivity index (χ0n) is 11.7. The third kappa shape index (κ3) is 2.30. The molecule has 1 heterocycles. The van der Waals surface area contributed by atoms with Crippen molar-refractivity contribution in [1.29, 1.82) is 0 Å². The van der Waals surface area contributed by atoms with Crippen LogP contribution in [0.15, 0.2) is 48.5 Å². The summed E-state index contributed by atoms with van der Waals surface area (Å²) in [7, 11) is 0. The minimum absolute atomic E-state index is 0.112. The first kappa shape index (κ1) is 13.2. The number of hydrazine groups is 1. The SMILES string of the molecule is Cc1ccccc1C(NN)C1CCOc2ccccc21. The van der Waals surface area contributed by atoms with E-state index in [4.69, 9.17) is 10.6 Å². The van der Waals surface area contributed by atoms with Gasteiger partial charge in [-0.2, -0.15) is 0 Å². The number of ether oxygens (including phenoxy) is 1. The molecule has 2 atom stereocenters. The van der Waals surface area contributed by atoms with E-state index in [-0.39, 0.29) is 6.04 Å². The summed E-state index contributed by atoms with van der Waals surface area (Å²) < 4.78 is 5.75. The molecule has 20 heavy (non-hydrogen) atoms. The number of hydrogen-bond acceptors (Lipinski definition) is 3. The van der Waals surface area contributed by atoms with Crippen molar-refractivity contribution >= 4 is 0 Å². The van der Waals surface area contributed by atoms with Crippen LogP contribution in [0.4, 0.5) is 0 Å². The van der Waals surface area contributed by atoms with E-state index in [1.165, 1.54) is 16.7 Å². The Hall–Kier alpha value is -1.84. The molecule has 0 radical (unpaired) electrons. The third-order valence-corrected chi connectivity index (χ3v) is 4.11. The molecule has 0 aliphatic carbocycles. The molecule has 3 N–H and O–H groups in total. The minimum atomic E-state index is 0.112. The van der Waals surface area contributed by atoms with Gasteiger partial charge < -0.3 is 4.74 Å². The lowest BCUT2D eigenvalue weighted by molar-refractivity contribution is 0.246. The predicted octanol–water partition coefficient (Wildman–Crippen LogP) is 3.07. The smallest absolute Gasteiger partial charge is 0.122 e. The van der Waals surface area contributed by atoms with Crippen molar-refractivity contribution in [3.8, 4) is 5.75 Å². The molecule has 2 unspecified atom stereocenters. The molecule has 0 saturated carbocycles. The maximum atomic E-state index is 5.87. The first-order chi connectivity index (χ1) is 9.81. The average Bonchev–Trinajstić information content (AvgIpc) is 2.50. The fraction of sp³-hybridized carbons (Fsp3) is 0.294. The Bertz CT molecular complexity index is 597. The molecule has 0 fully saturated rings. The Kier molecular flexibility index (Phi) is 3.72. The molecular weight excluding hydrogens is 248 g/mol. The lowest BCUT2D eigenvalue weighted by atomic mass is 9.82. The molecule has 2 aromatic carbocycles. The zero-order chi connectivity index (χ0) is 13.9. The van der Waals surface area contributed by atoms with Gasteiger partial charge in [0, 0.05) is 5.92 Å². The Morgan fingerprint density at radius 3 is 2.70 bits per heavy atom. The molecule has 1 aliphatic rings. The van der Waals surface area contributed by atoms with Crippen molar-refractivity contribution in [1.82, 2.24) is 5.43 Å². The number of hydrogen-bond donors (Lipinski definition) is 2. The first-order valence-corrected chi connectivity index (χ1v) is 7.04. The van der Waals surface area contributed by atoms with Crippen LogP contribution in [0.2, 0.25) is 0 Å². The van der Waals surface area contributed by atoms with Gasteiger partial charge in [0.05, 0.1) is 12.6 Å². The summed E-state index contributed by atoms with van der Waals surface area (Å²) in [6, 6.07) is 16.8. The summed E-state index contributed by atoms with van der Waals surface area (Å²) in [5, 5.41) is 0. The van der Waals surface area contributed by atoms with Crippen LogP contribution in [-0.2, 0) is 0 Å². The predicted molar refractivity (Wildman–Crippen MR) is 80.5 cm³/mol. The second kappa shape index (κ2) is 5.65. The van der Waals surface area contributed by atoms with Crippen molar-refractivity contribution in [2.24, 2.45) is 5.84 Å². The van der Waals surface area contributed by atoms with Gasteiger partial charge in [-0.05, 0) is 36.1 Å². The Morgan fingerprint density at radius 2 is 1.90 bits per heavy atom. The Balaban J connectivity index is 2.01. The van der Waals surface area contributed by atoms with Crippen LogP contribution in [0.5, 0.6) is 5.75 Å². The normalized spacial score (nSPS) is 19.0. The molecule has 1 aliphatic heterocycles. The molecule has 3 rings (SSSR count). The molecule has 0 bridgehead atoms. The maximum Gasteiger partial charge on any atom is 0.122 e. The van der Waals surface area contributed by atoms with Crippen LogP contribution in [0.25, 0.3) is 0 Å². The Labute approximate surface area is 119 Å². The van der Waals surface area contributed by atoms with Gasteiger partial charge in [0.25, 0.3) is 0 Å². The van der Waals surface area contributed by atoms with Crippen molar-refractivity contribution < 1.29 is 4.74 Å². The van der Waals surface area contributed by atoms with Crippen LogP contribution in [-0.4, -0.2) is 6.61 Å². The average molecular weight is 268 g/mol. The minimum Gasteiger partial charge on any atom is -0.493 e. The van der Waals surface area contributed by atoms with Crippen LogP contribution in [0, 0.1) is 6.92 Å². The number of aryl methyl sites for hydroxylation is 1. The van der Waals surface area contributed by atoms with E-state index < -0.39 is 0 Å². The topological polar surface area (TPSA) is 47.3 Å². The number of nitrogens with one attached hydrogen (secondary N) is 1. The zero-order valence-corrected chi connectivity index (χ0v) is 11.7. The van der Waals surface area contributed by atoms with Gasteiger partial charge in [0.15, 0.2) is 0 Å². The van der Waals surface area contributed by atoms with Crippen molar-refractivity contribution in [3.63, 3.8) is 0 Å². The van der Waals surface area contributed by atoms with Crippen LogP contribution < -0.4 is 16.0 Å². The van der Waals surface area contributed by atoms with E-state index >= 15 is 0 Å². The van der Waals surface area contributed by atoms with Gasteiger partial charge in [-0.25, -0.2) is 0 Å². The summed E-state index contributed by atoms with van der Waals surface area (Å²) in [6.07, 6.45) is 0.972. The standard InChI is InChI=1S/C17H20N2O/c1-12-6-2-3-7-13(12)17(19-18)15-10-11-20-16-9-5-4-8-14(15)16/h2-9,15,17,19H,10-11,18H2,1H3. The second-order valence-electron chi connectivity index (χ2n) is 5.28. The van der Waals surface area contributed by atoms with Crippen LogP contribution in [0.1, 0.15) is 35.1 Å². The van der Waals surface area contributed by atoms with E-state index in [0.717, 1.165) is 18.8 Å². The highest BCUT2D eigenvalue weighted by molar-refractivity contribution is 5.41. The van der Waals surface area contributed by atoms with Gasteiger partial charge >= 0.3 is 0 Å². The summed E-state index contributed by atoms with van der Waals surface area (Å²) in [6.45, 7) is 2.87. The molecule has 3 heteroatoms. The van der Waals surface area contributed by atoms with E-state index in [1.54, 1.807) is 0 Å². The number of fused-ring (bicyclic) bond motifs is 1. The lowest BCUT2D eigenvalue weighted by Crippen LogP contribution is -2.35. The van der Waals surface area contributed by atoms with E-state index in [1.807, 2.05) is 12.1 Å². The highest BCUT2D eigenvalue weighted by Gasteiger charge is 2.29. The molecule has 3 nitrogen and oxygen atoms in total. The van der Waals surface area contributed by atoms with Crippen molar-refractivity contribution in [2.75, 3.05) is 6.61 Å². The monoisotopic (exact) mass is 268 g/mol. The summed E-state index contributed by atoms with van der Waals surface area (Å²) in [4.78, 5) is 0. The number of benzene rings is 2. The van der Waals surface area contributed by atoms with Gasteiger partial charge in [-0.3, -0.25) is 11.3 Å². The fourth-order valence-corrected chi connectivity index (χ4v) is 3.07. The third-order valence-electron chi connectivity index (χ3n) is 4.11. The summed E-state index contributed by atoms with van der Waals surface area (Å²) in [5.41, 5.74) is 6.78. The van der Waals surface area contributed by atoms with Gasteiger partial charge in [-0.1, -0.05) is 42.5 Å². The van der Waals surface area contributed by atoms with E-state index in [9.17, 15) is 0 Å². The summed E-state index contributed by atoms with van der Waals surface area (Å²) in [5.74, 6) is 7.19. The van der Waals surface area contributed by atoms with Gasteiger partial charge in [0.2, 0.25) is 0 Å². The fourth-order valence-electron chi connectivity index (χ4n) is 3.07. The van der Waals surface area contributed by atoms with Crippen LogP contribution in [0.3, 0.4) is 0 Å². The van der Waals surface area contributed by atoms with Gasteiger partial charge in [0.1, 0.15) is 5.75 Å². The van der Waals surface area contributed by atoms with Crippen molar-refractivity contribution in [2.45, 2.75) is 25.3 Å². The second-order valence-corrected chi connectivity index (χ2v) is 5.28. The molecular formula is C17H20N2O. The van der Waals surface area contributed by atoms with Crippen LogP contribution >= 0.6 is 0 Å². The van der Waals surface area contributed by atoms with Crippen molar-refractivity contribution in [3.05, 3.63) is 65.2 Å². The molecule has 0 aromatic heterocycles. The molecule has 104 valence electrons. The maximum absolute atomic E-state index is 5.87.